The van der Waals surface area contributed by atoms with Gasteiger partial charge in [0.1, 0.15) is 0 Å². The van der Waals surface area contributed by atoms with Crippen LogP contribution in [0, 0.1) is 13.8 Å². The van der Waals surface area contributed by atoms with Crippen molar-refractivity contribution in [1.82, 2.24) is 15.2 Å². The SMILES string of the molecule is CC(=O)N(c1nc(CSc2nnc(NC3CC3)s2)cs1)c1c(C)cc(C)cc1Cl. The second-order valence-electron chi connectivity index (χ2n) is 6.97. The number of halogens is 1. The van der Waals surface area contributed by atoms with Crippen LogP contribution in [0.5, 0.6) is 0 Å². The van der Waals surface area contributed by atoms with Crippen molar-refractivity contribution in [2.45, 2.75) is 49.7 Å². The number of hydrogen-bond acceptors (Lipinski definition) is 8. The molecule has 2 aromatic heterocycles. The number of carbonyl (C=O) groups excluding carboxylic acids is 1. The van der Waals surface area contributed by atoms with Crippen LogP contribution in [0.25, 0.3) is 0 Å². The molecular formula is C19H20ClN5OS3. The summed E-state index contributed by atoms with van der Waals surface area (Å²) in [5.74, 6) is 0.549. The molecule has 10 heteroatoms. The fourth-order valence-corrected chi connectivity index (χ4v) is 6.01. The molecule has 0 unspecified atom stereocenters. The molecule has 1 fully saturated rings. The molecule has 0 spiro atoms. The Morgan fingerprint density at radius 3 is 2.83 bits per heavy atom. The number of carbonyl (C=O) groups is 1. The zero-order valence-corrected chi connectivity index (χ0v) is 19.4. The molecule has 3 aromatic rings. The van der Waals surface area contributed by atoms with Gasteiger partial charge >= 0.3 is 0 Å². The van der Waals surface area contributed by atoms with Crippen LogP contribution in [0.2, 0.25) is 5.02 Å². The first-order valence-electron chi connectivity index (χ1n) is 9.15. The Morgan fingerprint density at radius 2 is 2.14 bits per heavy atom. The zero-order chi connectivity index (χ0) is 20.5. The van der Waals surface area contributed by atoms with Crippen LogP contribution in [0.1, 0.15) is 36.6 Å². The lowest BCUT2D eigenvalue weighted by Crippen LogP contribution is -2.24. The molecule has 1 aromatic carbocycles. The summed E-state index contributed by atoms with van der Waals surface area (Å²) in [7, 11) is 0. The number of thioether (sulfide) groups is 1. The number of aromatic nitrogens is 3. The van der Waals surface area contributed by atoms with Crippen LogP contribution in [-0.4, -0.2) is 27.1 Å². The van der Waals surface area contributed by atoms with Crippen molar-refractivity contribution >= 4 is 67.9 Å². The lowest BCUT2D eigenvalue weighted by molar-refractivity contribution is -0.115. The van der Waals surface area contributed by atoms with Crippen molar-refractivity contribution in [2.75, 3.05) is 10.2 Å². The van der Waals surface area contributed by atoms with Crippen molar-refractivity contribution in [3.05, 3.63) is 39.4 Å². The predicted molar refractivity (Wildman–Crippen MR) is 122 cm³/mol. The molecule has 6 nitrogen and oxygen atoms in total. The predicted octanol–water partition coefficient (Wildman–Crippen LogP) is 5.82. The number of hydrogen-bond donors (Lipinski definition) is 1. The normalized spacial score (nSPS) is 13.5. The number of nitrogens with zero attached hydrogens (tertiary/aromatic N) is 4. The van der Waals surface area contributed by atoms with Crippen LogP contribution in [0.3, 0.4) is 0 Å². The fourth-order valence-electron chi connectivity index (χ4n) is 2.91. The van der Waals surface area contributed by atoms with Crippen molar-refractivity contribution in [2.24, 2.45) is 0 Å². The smallest absolute Gasteiger partial charge is 0.230 e. The Hall–Kier alpha value is -1.68. The molecule has 1 N–H and O–H groups in total. The molecule has 1 amide bonds. The Morgan fingerprint density at radius 1 is 1.34 bits per heavy atom. The van der Waals surface area contributed by atoms with Gasteiger partial charge in [0, 0.05) is 24.1 Å². The van der Waals surface area contributed by atoms with E-state index in [4.69, 9.17) is 11.6 Å². The summed E-state index contributed by atoms with van der Waals surface area (Å²) in [5, 5.41) is 15.8. The standard InChI is InChI=1S/C19H20ClN5OS3/c1-10-6-11(2)16(15(20)7-10)25(12(3)26)18-22-14(8-27-18)9-28-19-24-23-17(29-19)21-13-4-5-13/h6-8,13H,4-5,9H2,1-3H3,(H,21,23). The molecule has 4 rings (SSSR count). The highest BCUT2D eigenvalue weighted by Crippen LogP contribution is 2.38. The van der Waals surface area contributed by atoms with Gasteiger partial charge in [0.25, 0.3) is 0 Å². The number of aryl methyl sites for hydroxylation is 2. The average Bonchev–Trinajstić information content (AvgIpc) is 3.14. The summed E-state index contributed by atoms with van der Waals surface area (Å²) < 4.78 is 0.906. The van der Waals surface area contributed by atoms with Crippen LogP contribution in [0.4, 0.5) is 16.0 Å². The maximum atomic E-state index is 12.4. The number of benzene rings is 1. The van der Waals surface area contributed by atoms with Crippen LogP contribution in [0.15, 0.2) is 21.9 Å². The monoisotopic (exact) mass is 465 g/mol. The Bertz CT molecular complexity index is 1020. The number of anilines is 3. The molecule has 1 saturated carbocycles. The number of rotatable bonds is 7. The molecule has 0 atom stereocenters. The van der Waals surface area contributed by atoms with E-state index in [9.17, 15) is 4.79 Å². The van der Waals surface area contributed by atoms with Gasteiger partial charge < -0.3 is 5.32 Å². The summed E-state index contributed by atoms with van der Waals surface area (Å²) in [6.07, 6.45) is 2.42. The van der Waals surface area contributed by atoms with Gasteiger partial charge in [0.05, 0.1) is 16.4 Å². The molecule has 0 bridgehead atoms. The summed E-state index contributed by atoms with van der Waals surface area (Å²) in [4.78, 5) is 18.7. The quantitative estimate of drug-likeness (QED) is 0.443. The van der Waals surface area contributed by atoms with E-state index in [1.165, 1.54) is 31.1 Å². The molecule has 1 aliphatic carbocycles. The molecule has 29 heavy (non-hydrogen) atoms. The van der Waals surface area contributed by atoms with Crippen LogP contribution in [-0.2, 0) is 10.5 Å². The summed E-state index contributed by atoms with van der Waals surface area (Å²) in [6.45, 7) is 5.47. The van der Waals surface area contributed by atoms with Gasteiger partial charge in [-0.2, -0.15) is 0 Å². The fraction of sp³-hybridized carbons (Fsp3) is 0.368. The van der Waals surface area contributed by atoms with Gasteiger partial charge in [0.15, 0.2) is 9.47 Å². The first-order valence-corrected chi connectivity index (χ1v) is 12.2. The van der Waals surface area contributed by atoms with E-state index >= 15 is 0 Å². The van der Waals surface area contributed by atoms with Gasteiger partial charge in [-0.15, -0.1) is 21.5 Å². The number of amides is 1. The molecule has 0 saturated heterocycles. The van der Waals surface area contributed by atoms with Gasteiger partial charge in [-0.3, -0.25) is 9.69 Å². The van der Waals surface area contributed by atoms with Gasteiger partial charge in [0.2, 0.25) is 11.0 Å². The van der Waals surface area contributed by atoms with E-state index in [1.807, 2.05) is 31.4 Å². The van der Waals surface area contributed by atoms with Gasteiger partial charge in [-0.25, -0.2) is 4.98 Å². The first kappa shape index (κ1) is 20.6. The highest BCUT2D eigenvalue weighted by molar-refractivity contribution is 8.00. The molecular weight excluding hydrogens is 446 g/mol. The van der Waals surface area contributed by atoms with E-state index in [0.717, 1.165) is 26.3 Å². The number of nitrogens with one attached hydrogen (secondary N) is 1. The van der Waals surface area contributed by atoms with E-state index < -0.39 is 0 Å². The highest BCUT2D eigenvalue weighted by atomic mass is 35.5. The second-order valence-corrected chi connectivity index (χ2v) is 10.4. The van der Waals surface area contributed by atoms with E-state index in [1.54, 1.807) is 28.0 Å². The molecule has 0 radical (unpaired) electrons. The van der Waals surface area contributed by atoms with E-state index in [2.05, 4.69) is 20.5 Å². The summed E-state index contributed by atoms with van der Waals surface area (Å²) in [5.41, 5.74) is 3.59. The number of thiazole rings is 1. The Kier molecular flexibility index (Phi) is 6.10. The van der Waals surface area contributed by atoms with Gasteiger partial charge in [-0.1, -0.05) is 40.8 Å². The molecule has 1 aliphatic rings. The average molecular weight is 466 g/mol. The van der Waals surface area contributed by atoms with Gasteiger partial charge in [-0.05, 0) is 43.9 Å². The second kappa shape index (κ2) is 8.59. The largest absolute Gasteiger partial charge is 0.357 e. The van der Waals surface area contributed by atoms with Crippen molar-refractivity contribution in [1.29, 1.82) is 0 Å². The third-order valence-electron chi connectivity index (χ3n) is 4.32. The van der Waals surface area contributed by atoms with Crippen LogP contribution >= 0.6 is 46.0 Å². The minimum absolute atomic E-state index is 0.118. The maximum Gasteiger partial charge on any atom is 0.230 e. The zero-order valence-electron chi connectivity index (χ0n) is 16.2. The maximum absolute atomic E-state index is 12.4. The summed E-state index contributed by atoms with van der Waals surface area (Å²) in [6, 6.07) is 4.45. The Balaban J connectivity index is 1.49. The Labute approximate surface area is 186 Å². The third-order valence-corrected chi connectivity index (χ3v) is 7.51. The van der Waals surface area contributed by atoms with E-state index in [-0.39, 0.29) is 5.91 Å². The van der Waals surface area contributed by atoms with Crippen molar-refractivity contribution in [3.8, 4) is 0 Å². The lowest BCUT2D eigenvalue weighted by Gasteiger charge is -2.22. The molecule has 152 valence electrons. The lowest BCUT2D eigenvalue weighted by atomic mass is 10.1. The molecule has 2 heterocycles. The van der Waals surface area contributed by atoms with Crippen molar-refractivity contribution < 1.29 is 4.79 Å². The highest BCUT2D eigenvalue weighted by Gasteiger charge is 2.24. The minimum atomic E-state index is -0.118. The third kappa shape index (κ3) is 4.91. The minimum Gasteiger partial charge on any atom is -0.357 e. The van der Waals surface area contributed by atoms with E-state index in [0.29, 0.717) is 27.6 Å². The summed E-state index contributed by atoms with van der Waals surface area (Å²) >= 11 is 11.1. The topological polar surface area (TPSA) is 71.0 Å². The van der Waals surface area contributed by atoms with Crippen LogP contribution < -0.4 is 10.2 Å². The van der Waals surface area contributed by atoms with Crippen molar-refractivity contribution in [3.63, 3.8) is 0 Å². The molecule has 0 aliphatic heterocycles. The first-order chi connectivity index (χ1) is 13.9.